The van der Waals surface area contributed by atoms with Crippen LogP contribution in [0.2, 0.25) is 0 Å². The molecule has 86 valence electrons. The number of hydrogen-bond acceptors (Lipinski definition) is 1. The Labute approximate surface area is 97.9 Å². The van der Waals surface area contributed by atoms with Crippen molar-refractivity contribution in [2.75, 3.05) is 0 Å². The lowest BCUT2D eigenvalue weighted by Crippen LogP contribution is -2.29. The van der Waals surface area contributed by atoms with Crippen molar-refractivity contribution < 1.29 is 4.79 Å². The second-order valence-electron chi connectivity index (χ2n) is 5.26. The van der Waals surface area contributed by atoms with Gasteiger partial charge in [0.05, 0.1) is 5.41 Å². The normalized spacial score (nSPS) is 28.0. The van der Waals surface area contributed by atoms with Gasteiger partial charge in [0.2, 0.25) is 0 Å². The first-order valence-corrected chi connectivity index (χ1v) is 6.07. The van der Waals surface area contributed by atoms with Gasteiger partial charge in [0.15, 0.2) is 0 Å². The van der Waals surface area contributed by atoms with Crippen LogP contribution in [-0.2, 0) is 4.79 Å². The first-order chi connectivity index (χ1) is 7.56. The average molecular weight is 216 g/mol. The minimum absolute atomic E-state index is 0.190. The van der Waals surface area contributed by atoms with Crippen LogP contribution in [0.1, 0.15) is 39.5 Å². The molecule has 1 heteroatoms. The van der Waals surface area contributed by atoms with Gasteiger partial charge in [-0.05, 0) is 39.0 Å². The first kappa shape index (κ1) is 11.4. The van der Waals surface area contributed by atoms with Crippen molar-refractivity contribution in [1.82, 2.24) is 0 Å². The van der Waals surface area contributed by atoms with Crippen molar-refractivity contribution in [2.45, 2.75) is 39.5 Å². The molecule has 0 saturated carbocycles. The van der Waals surface area contributed by atoms with Crippen LogP contribution in [0, 0.1) is 11.3 Å². The number of allylic oxidation sites excluding steroid dienone is 5. The van der Waals surface area contributed by atoms with Crippen LogP contribution in [-0.4, -0.2) is 5.78 Å². The van der Waals surface area contributed by atoms with Gasteiger partial charge in [0, 0.05) is 6.42 Å². The standard InChI is InChI=1S/C15H20O/c1-11(2)13-7-6-12(3)15(14(16)10-13)8-4-5-9-15/h4-6,13H,1,7-10H2,2-3H3/t13-/m1/s1. The maximum Gasteiger partial charge on any atom is 0.144 e. The highest BCUT2D eigenvalue weighted by atomic mass is 16.1. The van der Waals surface area contributed by atoms with Crippen LogP contribution in [0.3, 0.4) is 0 Å². The Morgan fingerprint density at radius 1 is 1.44 bits per heavy atom. The first-order valence-electron chi connectivity index (χ1n) is 6.07. The van der Waals surface area contributed by atoms with E-state index in [-0.39, 0.29) is 5.41 Å². The monoisotopic (exact) mass is 216 g/mol. The third-order valence-electron chi connectivity index (χ3n) is 4.23. The van der Waals surface area contributed by atoms with Gasteiger partial charge in [-0.25, -0.2) is 0 Å². The van der Waals surface area contributed by atoms with E-state index >= 15 is 0 Å². The smallest absolute Gasteiger partial charge is 0.144 e. The predicted octanol–water partition coefficient (Wildman–Crippen LogP) is 3.82. The van der Waals surface area contributed by atoms with Gasteiger partial charge in [0.1, 0.15) is 5.78 Å². The molecule has 16 heavy (non-hydrogen) atoms. The number of rotatable bonds is 1. The van der Waals surface area contributed by atoms with Crippen molar-refractivity contribution in [3.8, 4) is 0 Å². The van der Waals surface area contributed by atoms with E-state index in [9.17, 15) is 4.79 Å². The molecule has 0 N–H and O–H groups in total. The Balaban J connectivity index is 2.30. The Bertz CT molecular complexity index is 376. The number of hydrogen-bond donors (Lipinski definition) is 0. The quantitative estimate of drug-likeness (QED) is 0.609. The van der Waals surface area contributed by atoms with E-state index in [4.69, 9.17) is 0 Å². The third-order valence-corrected chi connectivity index (χ3v) is 4.23. The fourth-order valence-electron chi connectivity index (χ4n) is 2.81. The second kappa shape index (κ2) is 4.04. The summed E-state index contributed by atoms with van der Waals surface area (Å²) in [5.41, 5.74) is 2.22. The van der Waals surface area contributed by atoms with Crippen molar-refractivity contribution in [1.29, 1.82) is 0 Å². The third kappa shape index (κ3) is 1.68. The van der Waals surface area contributed by atoms with Crippen molar-refractivity contribution in [2.24, 2.45) is 11.3 Å². The second-order valence-corrected chi connectivity index (χ2v) is 5.26. The van der Waals surface area contributed by atoms with E-state index in [1.165, 1.54) is 5.57 Å². The van der Waals surface area contributed by atoms with Crippen molar-refractivity contribution in [3.63, 3.8) is 0 Å². The van der Waals surface area contributed by atoms with Gasteiger partial charge >= 0.3 is 0 Å². The molecule has 0 amide bonds. The Morgan fingerprint density at radius 3 is 2.62 bits per heavy atom. The SMILES string of the molecule is C=C(C)[C@@H]1CC=C(C)C2(CC=CC2)C(=O)C1. The molecule has 0 unspecified atom stereocenters. The molecule has 0 aromatic carbocycles. The molecular weight excluding hydrogens is 196 g/mol. The fraction of sp³-hybridized carbons (Fsp3) is 0.533. The molecule has 0 bridgehead atoms. The summed E-state index contributed by atoms with van der Waals surface area (Å²) in [6.45, 7) is 8.15. The molecule has 0 heterocycles. The molecule has 0 radical (unpaired) electrons. The molecule has 2 aliphatic carbocycles. The summed E-state index contributed by atoms with van der Waals surface area (Å²) in [6, 6.07) is 0. The largest absolute Gasteiger partial charge is 0.299 e. The van der Waals surface area contributed by atoms with Gasteiger partial charge in [-0.15, -0.1) is 0 Å². The zero-order chi connectivity index (χ0) is 11.8. The lowest BCUT2D eigenvalue weighted by Gasteiger charge is -2.28. The van der Waals surface area contributed by atoms with Gasteiger partial charge in [-0.3, -0.25) is 4.79 Å². The molecule has 1 nitrogen and oxygen atoms in total. The summed E-state index contributed by atoms with van der Waals surface area (Å²) in [5.74, 6) is 0.763. The lowest BCUT2D eigenvalue weighted by atomic mass is 9.74. The zero-order valence-electron chi connectivity index (χ0n) is 10.3. The molecule has 0 saturated heterocycles. The maximum atomic E-state index is 12.4. The topological polar surface area (TPSA) is 17.1 Å². The summed E-state index contributed by atoms with van der Waals surface area (Å²) >= 11 is 0. The van der Waals surface area contributed by atoms with E-state index < -0.39 is 0 Å². The summed E-state index contributed by atoms with van der Waals surface area (Å²) in [6.07, 6.45) is 10.0. The van der Waals surface area contributed by atoms with Gasteiger partial charge in [-0.1, -0.05) is 36.0 Å². The number of ketones is 1. The molecule has 0 aromatic rings. The summed E-state index contributed by atoms with van der Waals surface area (Å²) in [7, 11) is 0. The molecule has 2 rings (SSSR count). The van der Waals surface area contributed by atoms with E-state index in [2.05, 4.69) is 31.7 Å². The summed E-state index contributed by atoms with van der Waals surface area (Å²) in [5, 5.41) is 0. The Morgan fingerprint density at radius 2 is 2.06 bits per heavy atom. The fourth-order valence-corrected chi connectivity index (χ4v) is 2.81. The van der Waals surface area contributed by atoms with Crippen molar-refractivity contribution in [3.05, 3.63) is 36.0 Å². The molecule has 0 fully saturated rings. The highest BCUT2D eigenvalue weighted by molar-refractivity contribution is 5.89. The molecular formula is C15H20O. The lowest BCUT2D eigenvalue weighted by molar-refractivity contribution is -0.126. The maximum absolute atomic E-state index is 12.4. The minimum Gasteiger partial charge on any atom is -0.299 e. The molecule has 1 atom stereocenters. The molecule has 0 aromatic heterocycles. The predicted molar refractivity (Wildman–Crippen MR) is 67.1 cm³/mol. The van der Waals surface area contributed by atoms with Crippen molar-refractivity contribution >= 4 is 5.78 Å². The summed E-state index contributed by atoms with van der Waals surface area (Å²) in [4.78, 5) is 12.4. The van der Waals surface area contributed by atoms with Crippen LogP contribution in [0.4, 0.5) is 0 Å². The van der Waals surface area contributed by atoms with Crippen LogP contribution < -0.4 is 0 Å². The summed E-state index contributed by atoms with van der Waals surface area (Å²) < 4.78 is 0. The van der Waals surface area contributed by atoms with E-state index in [0.29, 0.717) is 18.1 Å². The highest BCUT2D eigenvalue weighted by Crippen LogP contribution is 2.45. The molecule has 2 aliphatic rings. The van der Waals surface area contributed by atoms with Gasteiger partial charge in [0.25, 0.3) is 0 Å². The van der Waals surface area contributed by atoms with Gasteiger partial charge < -0.3 is 0 Å². The van der Waals surface area contributed by atoms with E-state index in [1.54, 1.807) is 0 Å². The minimum atomic E-state index is -0.190. The van der Waals surface area contributed by atoms with Crippen LogP contribution in [0.25, 0.3) is 0 Å². The van der Waals surface area contributed by atoms with Crippen LogP contribution in [0.5, 0.6) is 0 Å². The number of carbonyl (C=O) groups excluding carboxylic acids is 1. The highest BCUT2D eigenvalue weighted by Gasteiger charge is 2.41. The average Bonchev–Trinajstić information content (AvgIpc) is 2.68. The van der Waals surface area contributed by atoms with E-state index in [0.717, 1.165) is 24.8 Å². The molecule has 1 spiro atoms. The zero-order valence-corrected chi connectivity index (χ0v) is 10.3. The van der Waals surface area contributed by atoms with Gasteiger partial charge in [-0.2, -0.15) is 0 Å². The molecule has 0 aliphatic heterocycles. The number of Topliss-reactive ketones (excluding diaryl/α,β-unsaturated/α-hetero) is 1. The Kier molecular flexibility index (Phi) is 2.88. The van der Waals surface area contributed by atoms with Crippen LogP contribution in [0.15, 0.2) is 36.0 Å². The van der Waals surface area contributed by atoms with Crippen LogP contribution >= 0.6 is 0 Å². The number of carbonyl (C=O) groups is 1. The Hall–Kier alpha value is -1.11. The van der Waals surface area contributed by atoms with E-state index in [1.807, 2.05) is 6.92 Å².